The van der Waals surface area contributed by atoms with E-state index in [-0.39, 0.29) is 22.1 Å². The summed E-state index contributed by atoms with van der Waals surface area (Å²) in [5, 5.41) is 6.76. The number of sulfonamides is 1. The van der Waals surface area contributed by atoms with E-state index in [9.17, 15) is 13.2 Å². The number of nitrogens with one attached hydrogen (secondary N) is 1. The van der Waals surface area contributed by atoms with E-state index in [0.717, 1.165) is 16.1 Å². The lowest BCUT2D eigenvalue weighted by atomic mass is 10.1. The smallest absolute Gasteiger partial charge is 0.252 e. The molecule has 0 bridgehead atoms. The van der Waals surface area contributed by atoms with Crippen LogP contribution < -0.4 is 5.32 Å². The molecule has 4 rings (SSSR count). The van der Waals surface area contributed by atoms with Crippen LogP contribution in [0.3, 0.4) is 0 Å². The van der Waals surface area contributed by atoms with Gasteiger partial charge < -0.3 is 9.84 Å². The second kappa shape index (κ2) is 5.40. The van der Waals surface area contributed by atoms with Crippen molar-refractivity contribution in [3.8, 4) is 10.6 Å². The first-order valence-electron chi connectivity index (χ1n) is 7.69. The van der Waals surface area contributed by atoms with Crippen molar-refractivity contribution in [1.29, 1.82) is 0 Å². The predicted octanol–water partition coefficient (Wildman–Crippen LogP) is 1.53. The van der Waals surface area contributed by atoms with Crippen LogP contribution in [-0.2, 0) is 14.8 Å². The van der Waals surface area contributed by atoms with Crippen LogP contribution in [0, 0.1) is 19.8 Å². The zero-order valence-electron chi connectivity index (χ0n) is 13.3. The van der Waals surface area contributed by atoms with Crippen molar-refractivity contribution in [2.45, 2.75) is 30.5 Å². The van der Waals surface area contributed by atoms with E-state index in [0.29, 0.717) is 25.3 Å². The van der Waals surface area contributed by atoms with Crippen LogP contribution in [0.25, 0.3) is 10.6 Å². The summed E-state index contributed by atoms with van der Waals surface area (Å²) in [6.45, 7) is 4.48. The van der Waals surface area contributed by atoms with Gasteiger partial charge in [-0.25, -0.2) is 8.42 Å². The number of hydrogen-bond donors (Lipinski definition) is 1. The molecule has 0 spiro atoms. The maximum Gasteiger partial charge on any atom is 0.252 e. The van der Waals surface area contributed by atoms with Crippen LogP contribution in [0.15, 0.2) is 20.9 Å². The number of aromatic nitrogens is 1. The first-order valence-corrected chi connectivity index (χ1v) is 9.94. The van der Waals surface area contributed by atoms with Gasteiger partial charge in [-0.15, -0.1) is 11.3 Å². The molecule has 0 aromatic carbocycles. The second-order valence-corrected chi connectivity index (χ2v) is 9.55. The summed E-state index contributed by atoms with van der Waals surface area (Å²) in [4.78, 5) is 12.1. The van der Waals surface area contributed by atoms with Crippen molar-refractivity contribution in [2.75, 3.05) is 13.1 Å². The van der Waals surface area contributed by atoms with Crippen molar-refractivity contribution in [3.05, 3.63) is 23.4 Å². The Morgan fingerprint density at radius 1 is 1.33 bits per heavy atom. The molecule has 1 N–H and O–H groups in total. The third-order valence-corrected chi connectivity index (χ3v) is 8.14. The Morgan fingerprint density at radius 3 is 2.79 bits per heavy atom. The zero-order valence-corrected chi connectivity index (χ0v) is 14.9. The Hall–Kier alpha value is -1.71. The first-order chi connectivity index (χ1) is 11.4. The van der Waals surface area contributed by atoms with E-state index in [1.165, 1.54) is 15.6 Å². The van der Waals surface area contributed by atoms with Crippen molar-refractivity contribution in [2.24, 2.45) is 5.92 Å². The molecular formula is C15H17N3O4S2. The van der Waals surface area contributed by atoms with Gasteiger partial charge in [-0.1, -0.05) is 5.16 Å². The molecule has 128 valence electrons. The van der Waals surface area contributed by atoms with Gasteiger partial charge in [-0.3, -0.25) is 4.79 Å². The van der Waals surface area contributed by atoms with Crippen LogP contribution in [0.4, 0.5) is 0 Å². The zero-order chi connectivity index (χ0) is 17.1. The molecular weight excluding hydrogens is 350 g/mol. The van der Waals surface area contributed by atoms with Gasteiger partial charge in [0.05, 0.1) is 10.6 Å². The van der Waals surface area contributed by atoms with E-state index in [1.54, 1.807) is 12.1 Å². The molecule has 2 aromatic heterocycles. The molecule has 2 fully saturated rings. The molecule has 4 heterocycles. The number of rotatable bonds is 3. The standard InChI is InChI=1S/C15H17N3O4S2/c1-8-9(2)17-22-15(8)12-3-4-14(23-12)24(20,21)18-6-10-5-13(19)16-11(10)7-18/h3-4,10-11H,5-7H2,1-2H3,(H,16,19)/t10-,11+/m0/s1. The maximum absolute atomic E-state index is 12.9. The lowest BCUT2D eigenvalue weighted by molar-refractivity contribution is -0.119. The molecule has 0 saturated carbocycles. The number of amides is 1. The third kappa shape index (κ3) is 2.38. The minimum atomic E-state index is -3.55. The van der Waals surface area contributed by atoms with Crippen LogP contribution >= 0.6 is 11.3 Å². The van der Waals surface area contributed by atoms with Crippen molar-refractivity contribution in [3.63, 3.8) is 0 Å². The minimum Gasteiger partial charge on any atom is -0.355 e. The molecule has 2 aromatic rings. The van der Waals surface area contributed by atoms with Gasteiger partial charge in [0.15, 0.2) is 5.76 Å². The van der Waals surface area contributed by atoms with E-state index in [1.807, 2.05) is 13.8 Å². The number of fused-ring (bicyclic) bond motifs is 1. The van der Waals surface area contributed by atoms with Gasteiger partial charge in [0.25, 0.3) is 10.0 Å². The average molecular weight is 367 g/mol. The van der Waals surface area contributed by atoms with Crippen LogP contribution in [0.1, 0.15) is 17.7 Å². The SMILES string of the molecule is Cc1noc(-c2ccc(S(=O)(=O)N3C[C@@H]4CC(=O)N[C@@H]4C3)s2)c1C. The van der Waals surface area contributed by atoms with Gasteiger partial charge in [-0.05, 0) is 26.0 Å². The summed E-state index contributed by atoms with van der Waals surface area (Å²) in [5.41, 5.74) is 1.71. The summed E-state index contributed by atoms with van der Waals surface area (Å²) in [7, 11) is -3.55. The Kier molecular flexibility index (Phi) is 3.55. The van der Waals surface area contributed by atoms with Crippen LogP contribution in [-0.4, -0.2) is 42.9 Å². The van der Waals surface area contributed by atoms with Gasteiger partial charge in [0.2, 0.25) is 5.91 Å². The molecule has 9 heteroatoms. The summed E-state index contributed by atoms with van der Waals surface area (Å²) in [6.07, 6.45) is 0.406. The highest BCUT2D eigenvalue weighted by Gasteiger charge is 2.44. The first kappa shape index (κ1) is 15.8. The molecule has 7 nitrogen and oxygen atoms in total. The molecule has 2 aliphatic rings. The molecule has 1 amide bonds. The summed E-state index contributed by atoms with van der Waals surface area (Å²) >= 11 is 1.19. The van der Waals surface area contributed by atoms with Crippen LogP contribution in [0.5, 0.6) is 0 Å². The highest BCUT2D eigenvalue weighted by molar-refractivity contribution is 7.91. The van der Waals surface area contributed by atoms with Crippen molar-refractivity contribution >= 4 is 27.3 Å². The molecule has 2 atom stereocenters. The van der Waals surface area contributed by atoms with Crippen LogP contribution in [0.2, 0.25) is 0 Å². The quantitative estimate of drug-likeness (QED) is 0.888. The van der Waals surface area contributed by atoms with E-state index < -0.39 is 10.0 Å². The largest absolute Gasteiger partial charge is 0.355 e. The number of carbonyl (C=O) groups is 1. The van der Waals surface area contributed by atoms with E-state index in [4.69, 9.17) is 4.52 Å². The Bertz CT molecular complexity index is 899. The number of carbonyl (C=O) groups excluding carboxylic acids is 1. The lowest BCUT2D eigenvalue weighted by Crippen LogP contribution is -2.35. The van der Waals surface area contributed by atoms with Crippen molar-refractivity contribution in [1.82, 2.24) is 14.8 Å². The van der Waals surface area contributed by atoms with Crippen molar-refractivity contribution < 1.29 is 17.7 Å². The van der Waals surface area contributed by atoms with E-state index >= 15 is 0 Å². The number of nitrogens with zero attached hydrogens (tertiary/aromatic N) is 2. The number of thiophene rings is 1. The summed E-state index contributed by atoms with van der Waals surface area (Å²) in [6, 6.07) is 3.30. The highest BCUT2D eigenvalue weighted by atomic mass is 32.2. The molecule has 0 radical (unpaired) electrons. The topological polar surface area (TPSA) is 92.5 Å². The number of hydrogen-bond acceptors (Lipinski definition) is 6. The fraction of sp³-hybridized carbons (Fsp3) is 0.467. The number of aryl methyl sites for hydroxylation is 1. The van der Waals surface area contributed by atoms with Gasteiger partial charge in [-0.2, -0.15) is 4.31 Å². The fourth-order valence-electron chi connectivity index (χ4n) is 3.26. The molecule has 24 heavy (non-hydrogen) atoms. The molecule has 2 saturated heterocycles. The summed E-state index contributed by atoms with van der Waals surface area (Å²) < 4.78 is 32.8. The lowest BCUT2D eigenvalue weighted by Gasteiger charge is -2.15. The Labute approximate surface area is 143 Å². The third-order valence-electron chi connectivity index (χ3n) is 4.76. The van der Waals surface area contributed by atoms with Gasteiger partial charge >= 0.3 is 0 Å². The molecule has 0 unspecified atom stereocenters. The summed E-state index contributed by atoms with van der Waals surface area (Å²) in [5.74, 6) is 0.701. The highest BCUT2D eigenvalue weighted by Crippen LogP contribution is 2.37. The van der Waals surface area contributed by atoms with Gasteiger partial charge in [0, 0.05) is 37.0 Å². The monoisotopic (exact) mass is 367 g/mol. The Morgan fingerprint density at radius 2 is 2.12 bits per heavy atom. The fourth-order valence-corrected chi connectivity index (χ4v) is 6.27. The minimum absolute atomic E-state index is 0.0108. The normalized spacial score (nSPS) is 24.3. The predicted molar refractivity (Wildman–Crippen MR) is 88.1 cm³/mol. The molecule has 0 aliphatic carbocycles. The average Bonchev–Trinajstić information content (AvgIpc) is 3.24. The van der Waals surface area contributed by atoms with Gasteiger partial charge in [0.1, 0.15) is 4.21 Å². The maximum atomic E-state index is 12.9. The second-order valence-electron chi connectivity index (χ2n) is 6.30. The van der Waals surface area contributed by atoms with E-state index in [2.05, 4.69) is 10.5 Å². The Balaban J connectivity index is 1.60. The molecule has 2 aliphatic heterocycles.